The van der Waals surface area contributed by atoms with Gasteiger partial charge in [-0.3, -0.25) is 4.79 Å². The van der Waals surface area contributed by atoms with Crippen LogP contribution >= 0.6 is 0 Å². The summed E-state index contributed by atoms with van der Waals surface area (Å²) in [5, 5.41) is 0. The molecule has 0 aromatic heterocycles. The molecule has 2 rings (SSSR count). The molecule has 2 heterocycles. The van der Waals surface area contributed by atoms with Gasteiger partial charge in [0.25, 0.3) is 0 Å². The fraction of sp³-hybridized carbons (Fsp3) is 0.833. The van der Waals surface area contributed by atoms with E-state index in [0.29, 0.717) is 0 Å². The van der Waals surface area contributed by atoms with Gasteiger partial charge in [-0.1, -0.05) is 13.8 Å². The first-order valence-corrected chi connectivity index (χ1v) is 5.94. The number of hydrogen-bond donors (Lipinski definition) is 0. The normalized spacial score (nSPS) is 34.1. The Hall–Kier alpha value is -1.06. The summed E-state index contributed by atoms with van der Waals surface area (Å²) in [6, 6.07) is -0.263. The van der Waals surface area contributed by atoms with Crippen LogP contribution in [-0.4, -0.2) is 41.9 Å². The zero-order valence-electron chi connectivity index (χ0n) is 10.5. The second-order valence-corrected chi connectivity index (χ2v) is 5.19. The zero-order valence-corrected chi connectivity index (χ0v) is 10.5. The Balaban J connectivity index is 2.42. The summed E-state index contributed by atoms with van der Waals surface area (Å²) < 4.78 is 5.39. The highest BCUT2D eigenvalue weighted by Crippen LogP contribution is 2.36. The molecule has 2 aliphatic heterocycles. The van der Waals surface area contributed by atoms with E-state index in [1.54, 1.807) is 7.11 Å². The first-order chi connectivity index (χ1) is 7.50. The van der Waals surface area contributed by atoms with Gasteiger partial charge >= 0.3 is 0 Å². The third-order valence-electron chi connectivity index (χ3n) is 3.70. The summed E-state index contributed by atoms with van der Waals surface area (Å²) in [5.41, 5.74) is -0.294. The Morgan fingerprint density at radius 2 is 2.25 bits per heavy atom. The molecule has 0 N–H and O–H groups in total. The van der Waals surface area contributed by atoms with Gasteiger partial charge in [0.2, 0.25) is 11.8 Å². The molecule has 0 aromatic rings. The fourth-order valence-corrected chi connectivity index (χ4v) is 2.73. The minimum absolute atomic E-state index is 0.163. The lowest BCUT2D eigenvalue weighted by molar-refractivity contribution is -0.137. The van der Waals surface area contributed by atoms with Crippen LogP contribution in [0.1, 0.15) is 33.6 Å². The van der Waals surface area contributed by atoms with Crippen molar-refractivity contribution in [1.82, 2.24) is 4.90 Å². The Morgan fingerprint density at radius 1 is 1.56 bits per heavy atom. The number of hydrogen-bond acceptors (Lipinski definition) is 3. The third kappa shape index (κ3) is 1.43. The standard InChI is InChI=1S/C12H20N2O2/c1-8(2)9-10(15)14-7-5-6-12(14,3)11(13-9)16-4/h8-9H,5-7H2,1-4H3/t9-,12-/m0/s1. The molecule has 1 amide bonds. The highest BCUT2D eigenvalue weighted by molar-refractivity contribution is 5.98. The molecule has 16 heavy (non-hydrogen) atoms. The van der Waals surface area contributed by atoms with Crippen LogP contribution in [-0.2, 0) is 9.53 Å². The number of amides is 1. The minimum Gasteiger partial charge on any atom is -0.483 e. The van der Waals surface area contributed by atoms with E-state index in [1.165, 1.54) is 0 Å². The highest BCUT2D eigenvalue weighted by Gasteiger charge is 2.50. The van der Waals surface area contributed by atoms with Crippen molar-refractivity contribution in [1.29, 1.82) is 0 Å². The van der Waals surface area contributed by atoms with Gasteiger partial charge in [0, 0.05) is 6.54 Å². The topological polar surface area (TPSA) is 41.9 Å². The summed E-state index contributed by atoms with van der Waals surface area (Å²) in [7, 11) is 1.65. The first-order valence-electron chi connectivity index (χ1n) is 5.94. The predicted octanol–water partition coefficient (Wildman–Crippen LogP) is 1.45. The monoisotopic (exact) mass is 224 g/mol. The van der Waals surface area contributed by atoms with E-state index in [9.17, 15) is 4.79 Å². The van der Waals surface area contributed by atoms with E-state index in [2.05, 4.69) is 11.9 Å². The molecule has 0 unspecified atom stereocenters. The molecule has 1 saturated heterocycles. The van der Waals surface area contributed by atoms with E-state index in [-0.39, 0.29) is 23.4 Å². The lowest BCUT2D eigenvalue weighted by Gasteiger charge is -2.41. The Kier molecular flexibility index (Phi) is 2.68. The molecule has 0 spiro atoms. The van der Waals surface area contributed by atoms with Crippen molar-refractivity contribution in [3.63, 3.8) is 0 Å². The van der Waals surface area contributed by atoms with Crippen molar-refractivity contribution < 1.29 is 9.53 Å². The first kappa shape index (κ1) is 11.4. The molecule has 0 radical (unpaired) electrons. The number of fused-ring (bicyclic) bond motifs is 1. The molecule has 0 aromatic carbocycles. The highest BCUT2D eigenvalue weighted by atomic mass is 16.5. The molecule has 0 saturated carbocycles. The summed E-state index contributed by atoms with van der Waals surface area (Å²) in [6.07, 6.45) is 1.99. The molecule has 2 atom stereocenters. The van der Waals surface area contributed by atoms with Crippen LogP contribution in [0, 0.1) is 5.92 Å². The van der Waals surface area contributed by atoms with Gasteiger partial charge in [-0.25, -0.2) is 4.99 Å². The van der Waals surface area contributed by atoms with Crippen LogP contribution in [0.4, 0.5) is 0 Å². The van der Waals surface area contributed by atoms with Crippen molar-refractivity contribution in [2.45, 2.75) is 45.2 Å². The molecule has 1 fully saturated rings. The van der Waals surface area contributed by atoms with Gasteiger partial charge < -0.3 is 9.64 Å². The molecule has 90 valence electrons. The maximum absolute atomic E-state index is 12.3. The van der Waals surface area contributed by atoms with Crippen LogP contribution in [0.25, 0.3) is 0 Å². The molecular formula is C12H20N2O2. The molecule has 0 aliphatic carbocycles. The predicted molar refractivity (Wildman–Crippen MR) is 62.4 cm³/mol. The molecule has 4 nitrogen and oxygen atoms in total. The van der Waals surface area contributed by atoms with Crippen LogP contribution in [0.2, 0.25) is 0 Å². The van der Waals surface area contributed by atoms with Crippen molar-refractivity contribution >= 4 is 11.8 Å². The van der Waals surface area contributed by atoms with Crippen LogP contribution in [0.15, 0.2) is 4.99 Å². The van der Waals surface area contributed by atoms with Crippen molar-refractivity contribution in [3.8, 4) is 0 Å². The lowest BCUT2D eigenvalue weighted by atomic mass is 9.92. The Bertz CT molecular complexity index is 338. The van der Waals surface area contributed by atoms with E-state index in [1.807, 2.05) is 18.7 Å². The SMILES string of the molecule is COC1=N[C@@H](C(C)C)C(=O)N2CCC[C@@]12C. The van der Waals surface area contributed by atoms with Gasteiger partial charge in [-0.15, -0.1) is 0 Å². The lowest BCUT2D eigenvalue weighted by Crippen LogP contribution is -2.58. The second kappa shape index (κ2) is 3.75. The smallest absolute Gasteiger partial charge is 0.248 e. The number of methoxy groups -OCH3 is 1. The summed E-state index contributed by atoms with van der Waals surface area (Å²) >= 11 is 0. The summed E-state index contributed by atoms with van der Waals surface area (Å²) in [6.45, 7) is 6.94. The summed E-state index contributed by atoms with van der Waals surface area (Å²) in [4.78, 5) is 18.7. The summed E-state index contributed by atoms with van der Waals surface area (Å²) in [5.74, 6) is 1.11. The van der Waals surface area contributed by atoms with Crippen molar-refractivity contribution in [2.75, 3.05) is 13.7 Å². The maximum Gasteiger partial charge on any atom is 0.248 e. The number of nitrogens with zero attached hydrogens (tertiary/aromatic N) is 2. The third-order valence-corrected chi connectivity index (χ3v) is 3.70. The molecule has 2 aliphatic rings. The van der Waals surface area contributed by atoms with Gasteiger partial charge in [-0.05, 0) is 25.7 Å². The van der Waals surface area contributed by atoms with E-state index in [4.69, 9.17) is 4.74 Å². The largest absolute Gasteiger partial charge is 0.483 e. The van der Waals surface area contributed by atoms with Crippen LogP contribution in [0.5, 0.6) is 0 Å². The number of rotatable bonds is 1. The average Bonchev–Trinajstić information content (AvgIpc) is 2.61. The number of carbonyl (C=O) groups is 1. The van der Waals surface area contributed by atoms with Gasteiger partial charge in [-0.2, -0.15) is 0 Å². The minimum atomic E-state index is -0.294. The Labute approximate surface area is 96.7 Å². The van der Waals surface area contributed by atoms with Gasteiger partial charge in [0.1, 0.15) is 11.6 Å². The second-order valence-electron chi connectivity index (χ2n) is 5.19. The maximum atomic E-state index is 12.3. The molecule has 0 bridgehead atoms. The molecule has 4 heteroatoms. The van der Waals surface area contributed by atoms with E-state index < -0.39 is 0 Å². The van der Waals surface area contributed by atoms with E-state index >= 15 is 0 Å². The van der Waals surface area contributed by atoms with Gasteiger partial charge in [0.15, 0.2) is 0 Å². The van der Waals surface area contributed by atoms with Crippen molar-refractivity contribution in [3.05, 3.63) is 0 Å². The number of carbonyl (C=O) groups excluding carboxylic acids is 1. The fourth-order valence-electron chi connectivity index (χ4n) is 2.73. The van der Waals surface area contributed by atoms with Crippen LogP contribution < -0.4 is 0 Å². The quantitative estimate of drug-likeness (QED) is 0.676. The Morgan fingerprint density at radius 3 is 2.81 bits per heavy atom. The van der Waals surface area contributed by atoms with E-state index in [0.717, 1.165) is 25.3 Å². The van der Waals surface area contributed by atoms with Crippen molar-refractivity contribution in [2.24, 2.45) is 10.9 Å². The average molecular weight is 224 g/mol. The number of ether oxygens (including phenoxy) is 1. The van der Waals surface area contributed by atoms with Crippen LogP contribution in [0.3, 0.4) is 0 Å². The number of aliphatic imine (C=N–C) groups is 1. The zero-order chi connectivity index (χ0) is 11.9. The molecular weight excluding hydrogens is 204 g/mol. The van der Waals surface area contributed by atoms with Gasteiger partial charge in [0.05, 0.1) is 7.11 Å².